The van der Waals surface area contributed by atoms with Crippen molar-refractivity contribution in [1.82, 2.24) is 0 Å². The highest BCUT2D eigenvalue weighted by atomic mass is 16.5. The van der Waals surface area contributed by atoms with Gasteiger partial charge in [0.15, 0.2) is 0 Å². The van der Waals surface area contributed by atoms with Gasteiger partial charge in [-0.15, -0.1) is 0 Å². The molecule has 22 heavy (non-hydrogen) atoms. The minimum absolute atomic E-state index is 0.0793. The van der Waals surface area contributed by atoms with E-state index in [0.717, 1.165) is 12.8 Å². The van der Waals surface area contributed by atoms with Gasteiger partial charge in [-0.2, -0.15) is 0 Å². The van der Waals surface area contributed by atoms with E-state index in [1.165, 1.54) is 77.7 Å². The van der Waals surface area contributed by atoms with Crippen molar-refractivity contribution in [3.8, 4) is 0 Å². The molecule has 0 spiro atoms. The minimum Gasteiger partial charge on any atom is -0.469 e. The van der Waals surface area contributed by atoms with Crippen molar-refractivity contribution in [3.05, 3.63) is 0 Å². The summed E-state index contributed by atoms with van der Waals surface area (Å²) in [5.41, 5.74) is 0. The number of esters is 1. The number of unbranched alkanes of at least 4 members (excludes halogenated alkanes) is 7. The largest absolute Gasteiger partial charge is 0.469 e. The number of carbonyl (C=O) groups excluding carboxylic acids is 1. The molecule has 0 aromatic carbocycles. The molecule has 1 fully saturated rings. The van der Waals surface area contributed by atoms with Crippen LogP contribution in [0.3, 0.4) is 0 Å². The summed E-state index contributed by atoms with van der Waals surface area (Å²) in [5, 5.41) is 0. The minimum atomic E-state index is -0.0793. The van der Waals surface area contributed by atoms with E-state index in [-0.39, 0.29) is 5.97 Å². The Morgan fingerprint density at radius 3 is 2.05 bits per heavy atom. The predicted octanol–water partition coefficient (Wildman–Crippen LogP) is 5.41. The zero-order valence-corrected chi connectivity index (χ0v) is 14.8. The first-order chi connectivity index (χ1) is 10.8. The van der Waals surface area contributed by atoms with E-state index in [0.29, 0.717) is 18.6 Å². The second-order valence-corrected chi connectivity index (χ2v) is 6.69. The molecule has 2 atom stereocenters. The van der Waals surface area contributed by atoms with Crippen molar-refractivity contribution in [2.75, 3.05) is 7.11 Å². The van der Waals surface area contributed by atoms with Gasteiger partial charge in [0.25, 0.3) is 0 Å². The molecule has 0 N–H and O–H groups in total. The summed E-state index contributed by atoms with van der Waals surface area (Å²) < 4.78 is 10.8. The lowest BCUT2D eigenvalue weighted by molar-refractivity contribution is -0.140. The molecule has 1 rings (SSSR count). The maximum Gasteiger partial charge on any atom is 0.305 e. The van der Waals surface area contributed by atoms with Crippen LogP contribution in [-0.2, 0) is 14.3 Å². The topological polar surface area (TPSA) is 35.5 Å². The van der Waals surface area contributed by atoms with E-state index >= 15 is 0 Å². The van der Waals surface area contributed by atoms with Crippen LogP contribution >= 0.6 is 0 Å². The van der Waals surface area contributed by atoms with Gasteiger partial charge >= 0.3 is 5.97 Å². The molecule has 0 amide bonds. The standard InChI is InChI=1S/C19H36O3/c1-3-4-5-9-12-17-15-16-18(22-17)13-10-7-6-8-11-14-19(20)21-2/h17-18H,3-16H2,1-2H3/t17-,18-/m1/s1. The fourth-order valence-electron chi connectivity index (χ4n) is 3.28. The highest BCUT2D eigenvalue weighted by Crippen LogP contribution is 2.27. The van der Waals surface area contributed by atoms with Crippen LogP contribution in [0.1, 0.15) is 96.8 Å². The molecule has 0 aromatic heterocycles. The molecular weight excluding hydrogens is 276 g/mol. The highest BCUT2D eigenvalue weighted by Gasteiger charge is 2.24. The normalized spacial score (nSPS) is 21.2. The van der Waals surface area contributed by atoms with Crippen molar-refractivity contribution in [2.24, 2.45) is 0 Å². The molecular formula is C19H36O3. The van der Waals surface area contributed by atoms with E-state index in [2.05, 4.69) is 11.7 Å². The molecule has 0 aliphatic carbocycles. The lowest BCUT2D eigenvalue weighted by Crippen LogP contribution is -2.10. The van der Waals surface area contributed by atoms with Gasteiger partial charge in [0.05, 0.1) is 19.3 Å². The maximum atomic E-state index is 11.0. The van der Waals surface area contributed by atoms with Crippen molar-refractivity contribution in [1.29, 1.82) is 0 Å². The van der Waals surface area contributed by atoms with E-state index in [4.69, 9.17) is 4.74 Å². The lowest BCUT2D eigenvalue weighted by atomic mass is 10.0. The van der Waals surface area contributed by atoms with Gasteiger partial charge in [-0.05, 0) is 32.1 Å². The Morgan fingerprint density at radius 2 is 1.45 bits per heavy atom. The molecule has 0 aromatic rings. The molecule has 0 radical (unpaired) electrons. The second kappa shape index (κ2) is 12.9. The molecule has 3 nitrogen and oxygen atoms in total. The van der Waals surface area contributed by atoms with Crippen LogP contribution in [0, 0.1) is 0 Å². The fourth-order valence-corrected chi connectivity index (χ4v) is 3.28. The predicted molar refractivity (Wildman–Crippen MR) is 91.0 cm³/mol. The third-order valence-electron chi connectivity index (χ3n) is 4.71. The third kappa shape index (κ3) is 9.45. The molecule has 1 aliphatic heterocycles. The summed E-state index contributed by atoms with van der Waals surface area (Å²) in [6, 6.07) is 0. The molecule has 0 unspecified atom stereocenters. The number of ether oxygens (including phenoxy) is 2. The van der Waals surface area contributed by atoms with Crippen LogP contribution in [0.15, 0.2) is 0 Å². The summed E-state index contributed by atoms with van der Waals surface area (Å²) >= 11 is 0. The summed E-state index contributed by atoms with van der Waals surface area (Å²) in [7, 11) is 1.46. The zero-order chi connectivity index (χ0) is 16.0. The Kier molecular flexibility index (Phi) is 11.4. The van der Waals surface area contributed by atoms with Crippen molar-refractivity contribution in [3.63, 3.8) is 0 Å². The van der Waals surface area contributed by atoms with Gasteiger partial charge in [-0.1, -0.05) is 58.3 Å². The van der Waals surface area contributed by atoms with Gasteiger partial charge in [-0.3, -0.25) is 4.79 Å². The maximum absolute atomic E-state index is 11.0. The van der Waals surface area contributed by atoms with Crippen molar-refractivity contribution < 1.29 is 14.3 Å². The first kappa shape index (κ1) is 19.5. The van der Waals surface area contributed by atoms with Crippen molar-refractivity contribution >= 4 is 5.97 Å². The summed E-state index contributed by atoms with van der Waals surface area (Å²) in [6.45, 7) is 2.26. The van der Waals surface area contributed by atoms with Crippen LogP contribution in [-0.4, -0.2) is 25.3 Å². The summed E-state index contributed by atoms with van der Waals surface area (Å²) in [5.74, 6) is -0.0793. The first-order valence-electron chi connectivity index (χ1n) is 9.48. The van der Waals surface area contributed by atoms with E-state index in [1.54, 1.807) is 0 Å². The average Bonchev–Trinajstić information content (AvgIpc) is 2.98. The lowest BCUT2D eigenvalue weighted by Gasteiger charge is -2.13. The van der Waals surface area contributed by atoms with Gasteiger partial charge < -0.3 is 9.47 Å². The number of rotatable bonds is 13. The fraction of sp³-hybridized carbons (Fsp3) is 0.947. The van der Waals surface area contributed by atoms with Crippen LogP contribution in [0.4, 0.5) is 0 Å². The number of methoxy groups -OCH3 is 1. The van der Waals surface area contributed by atoms with Gasteiger partial charge in [-0.25, -0.2) is 0 Å². The summed E-state index contributed by atoms with van der Waals surface area (Å²) in [6.07, 6.45) is 17.9. The van der Waals surface area contributed by atoms with Crippen LogP contribution < -0.4 is 0 Å². The van der Waals surface area contributed by atoms with Crippen LogP contribution in [0.2, 0.25) is 0 Å². The van der Waals surface area contributed by atoms with Gasteiger partial charge in [0.2, 0.25) is 0 Å². The van der Waals surface area contributed by atoms with Crippen LogP contribution in [0.5, 0.6) is 0 Å². The quantitative estimate of drug-likeness (QED) is 0.337. The Bertz CT molecular complexity index is 278. The molecule has 1 saturated heterocycles. The van der Waals surface area contributed by atoms with Gasteiger partial charge in [0, 0.05) is 6.42 Å². The van der Waals surface area contributed by atoms with E-state index < -0.39 is 0 Å². The molecule has 1 heterocycles. The smallest absolute Gasteiger partial charge is 0.305 e. The summed E-state index contributed by atoms with van der Waals surface area (Å²) in [4.78, 5) is 11.0. The van der Waals surface area contributed by atoms with Gasteiger partial charge in [0.1, 0.15) is 0 Å². The van der Waals surface area contributed by atoms with Crippen molar-refractivity contribution in [2.45, 2.75) is 109 Å². The van der Waals surface area contributed by atoms with E-state index in [1.807, 2.05) is 0 Å². The molecule has 3 heteroatoms. The Balaban J connectivity index is 1.88. The number of carbonyl (C=O) groups is 1. The monoisotopic (exact) mass is 312 g/mol. The zero-order valence-electron chi connectivity index (χ0n) is 14.8. The second-order valence-electron chi connectivity index (χ2n) is 6.69. The molecule has 130 valence electrons. The number of hydrogen-bond donors (Lipinski definition) is 0. The number of hydrogen-bond acceptors (Lipinski definition) is 3. The highest BCUT2D eigenvalue weighted by molar-refractivity contribution is 5.68. The SMILES string of the molecule is CCCCCC[C@@H]1CC[C@@H](CCCCCCCC(=O)OC)O1. The molecule has 0 saturated carbocycles. The van der Waals surface area contributed by atoms with E-state index in [9.17, 15) is 4.79 Å². The Labute approximate surface area is 137 Å². The molecule has 0 bridgehead atoms. The Morgan fingerprint density at radius 1 is 0.909 bits per heavy atom. The average molecular weight is 312 g/mol. The third-order valence-corrected chi connectivity index (χ3v) is 4.71. The first-order valence-corrected chi connectivity index (χ1v) is 9.48. The van der Waals surface area contributed by atoms with Crippen LogP contribution in [0.25, 0.3) is 0 Å². The Hall–Kier alpha value is -0.570. The molecule has 1 aliphatic rings.